The second-order valence-electron chi connectivity index (χ2n) is 4.24. The van der Waals surface area contributed by atoms with Crippen molar-refractivity contribution in [1.82, 2.24) is 0 Å². The third-order valence-corrected chi connectivity index (χ3v) is 3.13. The fourth-order valence-corrected chi connectivity index (χ4v) is 1.64. The number of halogens is 1. The Morgan fingerprint density at radius 1 is 1.44 bits per heavy atom. The van der Waals surface area contributed by atoms with Crippen LogP contribution in [-0.2, 0) is 15.1 Å². The summed E-state index contributed by atoms with van der Waals surface area (Å²) in [5.41, 5.74) is -1.22. The summed E-state index contributed by atoms with van der Waals surface area (Å²) in [6.45, 7) is 2.96. The van der Waals surface area contributed by atoms with E-state index in [1.165, 1.54) is 40.2 Å². The fraction of sp³-hybridized carbons (Fsp3) is 0.462. The van der Waals surface area contributed by atoms with Gasteiger partial charge in [0.15, 0.2) is 11.6 Å². The van der Waals surface area contributed by atoms with Gasteiger partial charge >= 0.3 is 5.97 Å². The number of carbonyl (C=O) groups is 1. The maximum atomic E-state index is 13.6. The minimum Gasteiger partial charge on any atom is -0.494 e. The number of methoxy groups -OCH3 is 2. The summed E-state index contributed by atoms with van der Waals surface area (Å²) in [6, 6.07) is 4.07. The van der Waals surface area contributed by atoms with E-state index in [0.29, 0.717) is 5.56 Å². The molecule has 0 saturated heterocycles. The van der Waals surface area contributed by atoms with Crippen LogP contribution in [0.4, 0.5) is 4.39 Å². The lowest BCUT2D eigenvalue weighted by atomic mass is 9.84. The van der Waals surface area contributed by atoms with Crippen molar-refractivity contribution in [2.24, 2.45) is 5.92 Å². The molecule has 0 bridgehead atoms. The molecule has 0 fully saturated rings. The van der Waals surface area contributed by atoms with Crippen molar-refractivity contribution in [3.63, 3.8) is 0 Å². The normalized spacial score (nSPS) is 15.7. The highest BCUT2D eigenvalue weighted by Gasteiger charge is 2.36. The second kappa shape index (κ2) is 5.35. The second-order valence-corrected chi connectivity index (χ2v) is 4.24. The quantitative estimate of drug-likeness (QED) is 0.835. The van der Waals surface area contributed by atoms with Gasteiger partial charge in [0.05, 0.1) is 25.7 Å². The summed E-state index contributed by atoms with van der Waals surface area (Å²) in [5.74, 6) is -1.88. The lowest BCUT2D eigenvalue weighted by Crippen LogP contribution is -2.36. The van der Waals surface area contributed by atoms with Crippen LogP contribution in [0.3, 0.4) is 0 Å². The summed E-state index contributed by atoms with van der Waals surface area (Å²) in [5, 5.41) is 10.3. The van der Waals surface area contributed by atoms with Gasteiger partial charge in [0.2, 0.25) is 0 Å². The maximum absolute atomic E-state index is 13.6. The average molecular weight is 256 g/mol. The van der Waals surface area contributed by atoms with E-state index in [1.54, 1.807) is 0 Å². The van der Waals surface area contributed by atoms with Crippen LogP contribution in [0, 0.1) is 11.7 Å². The number of benzene rings is 1. The molecule has 0 radical (unpaired) electrons. The molecule has 0 aromatic heterocycles. The Morgan fingerprint density at radius 3 is 2.50 bits per heavy atom. The minimum absolute atomic E-state index is 0.0836. The number of carbonyl (C=O) groups excluding carboxylic acids is 1. The molecule has 2 atom stereocenters. The number of ether oxygens (including phenoxy) is 2. The predicted octanol–water partition coefficient (Wildman–Crippen LogP) is 1.85. The largest absolute Gasteiger partial charge is 0.494 e. The molecule has 0 aliphatic carbocycles. The number of esters is 1. The van der Waals surface area contributed by atoms with E-state index in [0.717, 1.165) is 6.07 Å². The molecule has 0 amide bonds. The van der Waals surface area contributed by atoms with Gasteiger partial charge in [0.25, 0.3) is 0 Å². The first kappa shape index (κ1) is 14.4. The fourth-order valence-electron chi connectivity index (χ4n) is 1.64. The molecule has 0 aliphatic heterocycles. The lowest BCUT2D eigenvalue weighted by Gasteiger charge is -2.29. The Hall–Kier alpha value is -1.62. The van der Waals surface area contributed by atoms with Gasteiger partial charge < -0.3 is 14.6 Å². The molecule has 18 heavy (non-hydrogen) atoms. The molecule has 100 valence electrons. The number of hydrogen-bond donors (Lipinski definition) is 1. The average Bonchev–Trinajstić information content (AvgIpc) is 2.36. The van der Waals surface area contributed by atoms with Crippen molar-refractivity contribution >= 4 is 5.97 Å². The monoisotopic (exact) mass is 256 g/mol. The van der Waals surface area contributed by atoms with Crippen LogP contribution in [-0.4, -0.2) is 25.3 Å². The minimum atomic E-state index is -1.51. The molecule has 1 aromatic carbocycles. The van der Waals surface area contributed by atoms with Crippen LogP contribution in [0.2, 0.25) is 0 Å². The topological polar surface area (TPSA) is 55.8 Å². The van der Waals surface area contributed by atoms with E-state index in [9.17, 15) is 14.3 Å². The standard InChI is InChI=1S/C13H17FO4/c1-8(12(15)18-4)13(2,16)9-5-6-11(17-3)10(14)7-9/h5-8,16H,1-4H3. The first-order valence-corrected chi connectivity index (χ1v) is 5.48. The van der Waals surface area contributed by atoms with Gasteiger partial charge in [-0.2, -0.15) is 0 Å². The highest BCUT2D eigenvalue weighted by Crippen LogP contribution is 2.32. The zero-order valence-electron chi connectivity index (χ0n) is 10.9. The van der Waals surface area contributed by atoms with E-state index in [-0.39, 0.29) is 5.75 Å². The molecular formula is C13H17FO4. The summed E-state index contributed by atoms with van der Waals surface area (Å²) in [7, 11) is 2.59. The smallest absolute Gasteiger partial charge is 0.311 e. The SMILES string of the molecule is COC(=O)C(C)C(C)(O)c1ccc(OC)c(F)c1. The van der Waals surface area contributed by atoms with E-state index < -0.39 is 23.3 Å². The van der Waals surface area contributed by atoms with Crippen LogP contribution >= 0.6 is 0 Å². The van der Waals surface area contributed by atoms with Crippen molar-refractivity contribution < 1.29 is 23.8 Å². The van der Waals surface area contributed by atoms with Gasteiger partial charge in [0.1, 0.15) is 0 Å². The van der Waals surface area contributed by atoms with Crippen molar-refractivity contribution in [2.45, 2.75) is 19.4 Å². The van der Waals surface area contributed by atoms with Crippen LogP contribution in [0.15, 0.2) is 18.2 Å². The zero-order valence-corrected chi connectivity index (χ0v) is 10.9. The van der Waals surface area contributed by atoms with Gasteiger partial charge in [-0.15, -0.1) is 0 Å². The van der Waals surface area contributed by atoms with Crippen LogP contribution < -0.4 is 4.74 Å². The Morgan fingerprint density at radius 2 is 2.06 bits per heavy atom. The molecule has 5 heteroatoms. The Bertz CT molecular complexity index is 443. The van der Waals surface area contributed by atoms with E-state index in [2.05, 4.69) is 4.74 Å². The first-order valence-electron chi connectivity index (χ1n) is 5.48. The van der Waals surface area contributed by atoms with Crippen LogP contribution in [0.25, 0.3) is 0 Å². The summed E-state index contributed by atoms with van der Waals surface area (Å²) >= 11 is 0. The molecule has 1 N–H and O–H groups in total. The molecule has 0 aliphatic rings. The van der Waals surface area contributed by atoms with E-state index in [4.69, 9.17) is 4.74 Å². The van der Waals surface area contributed by atoms with Crippen LogP contribution in [0.5, 0.6) is 5.75 Å². The van der Waals surface area contributed by atoms with Crippen molar-refractivity contribution in [3.8, 4) is 5.75 Å². The predicted molar refractivity (Wildman–Crippen MR) is 63.7 cm³/mol. The first-order chi connectivity index (χ1) is 8.34. The summed E-state index contributed by atoms with van der Waals surface area (Å²) in [6.07, 6.45) is 0. The maximum Gasteiger partial charge on any atom is 0.311 e. The Labute approximate surface area is 105 Å². The molecule has 1 rings (SSSR count). The van der Waals surface area contributed by atoms with Crippen LogP contribution in [0.1, 0.15) is 19.4 Å². The highest BCUT2D eigenvalue weighted by atomic mass is 19.1. The van der Waals surface area contributed by atoms with Crippen molar-refractivity contribution in [2.75, 3.05) is 14.2 Å². The molecule has 1 aromatic rings. The number of aliphatic hydroxyl groups is 1. The van der Waals surface area contributed by atoms with Crippen molar-refractivity contribution in [3.05, 3.63) is 29.6 Å². The molecule has 0 saturated carbocycles. The van der Waals surface area contributed by atoms with Gasteiger partial charge in [-0.05, 0) is 31.5 Å². The molecule has 0 heterocycles. The van der Waals surface area contributed by atoms with Gasteiger partial charge in [-0.1, -0.05) is 6.07 Å². The van der Waals surface area contributed by atoms with E-state index in [1.807, 2.05) is 0 Å². The number of rotatable bonds is 4. The zero-order chi connectivity index (χ0) is 13.9. The third-order valence-electron chi connectivity index (χ3n) is 3.13. The summed E-state index contributed by atoms with van der Waals surface area (Å²) < 4.78 is 22.9. The molecule has 4 nitrogen and oxygen atoms in total. The lowest BCUT2D eigenvalue weighted by molar-refractivity contribution is -0.154. The van der Waals surface area contributed by atoms with E-state index >= 15 is 0 Å². The number of hydrogen-bond acceptors (Lipinski definition) is 4. The highest BCUT2D eigenvalue weighted by molar-refractivity contribution is 5.73. The third kappa shape index (κ3) is 2.61. The van der Waals surface area contributed by atoms with Gasteiger partial charge in [-0.25, -0.2) is 4.39 Å². The molecular weight excluding hydrogens is 239 g/mol. The van der Waals surface area contributed by atoms with Crippen molar-refractivity contribution in [1.29, 1.82) is 0 Å². The summed E-state index contributed by atoms with van der Waals surface area (Å²) in [4.78, 5) is 11.4. The van der Waals surface area contributed by atoms with Gasteiger partial charge in [0, 0.05) is 0 Å². The Kier molecular flexibility index (Phi) is 4.29. The molecule has 2 unspecified atom stereocenters. The molecule has 0 spiro atoms. The van der Waals surface area contributed by atoms with Gasteiger partial charge in [-0.3, -0.25) is 4.79 Å². The Balaban J connectivity index is 3.12.